The van der Waals surface area contributed by atoms with E-state index in [0.29, 0.717) is 0 Å². The fourth-order valence-corrected chi connectivity index (χ4v) is 3.67. The minimum atomic E-state index is -3.79. The van der Waals surface area contributed by atoms with Crippen LogP contribution in [0.25, 0.3) is 0 Å². The Morgan fingerprint density at radius 1 is 1.26 bits per heavy atom. The first-order chi connectivity index (χ1) is 8.77. The van der Waals surface area contributed by atoms with Gasteiger partial charge in [-0.05, 0) is 18.2 Å². The maximum Gasteiger partial charge on any atom is 0.304 e. The number of carbonyl (C=O) groups is 1. The van der Waals surface area contributed by atoms with Gasteiger partial charge in [0.25, 0.3) is 0 Å². The van der Waals surface area contributed by atoms with E-state index in [4.69, 9.17) is 28.3 Å². The Morgan fingerprint density at radius 2 is 1.79 bits per heavy atom. The molecule has 0 amide bonds. The highest BCUT2D eigenvalue weighted by atomic mass is 35.5. The van der Waals surface area contributed by atoms with Crippen LogP contribution in [0.4, 0.5) is 0 Å². The van der Waals surface area contributed by atoms with Gasteiger partial charge in [0.05, 0.1) is 11.3 Å². The molecule has 0 spiro atoms. The van der Waals surface area contributed by atoms with E-state index in [2.05, 4.69) is 0 Å². The zero-order valence-electron chi connectivity index (χ0n) is 10.1. The summed E-state index contributed by atoms with van der Waals surface area (Å²) in [7, 11) is -3.79. The van der Waals surface area contributed by atoms with Crippen LogP contribution in [0.15, 0.2) is 23.1 Å². The second kappa shape index (κ2) is 6.56. The number of hydrogen-bond donors (Lipinski definition) is 1. The van der Waals surface area contributed by atoms with E-state index in [1.807, 2.05) is 0 Å². The predicted octanol–water partition coefficient (Wildman–Crippen LogP) is 2.48. The molecule has 0 aliphatic heterocycles. The van der Waals surface area contributed by atoms with Crippen LogP contribution in [0.5, 0.6) is 0 Å². The quantitative estimate of drug-likeness (QED) is 0.871. The van der Waals surface area contributed by atoms with Crippen LogP contribution in [0.3, 0.4) is 0 Å². The van der Waals surface area contributed by atoms with Crippen molar-refractivity contribution < 1.29 is 18.3 Å². The molecule has 0 saturated carbocycles. The SMILES string of the molecule is CCN(CCC(=O)O)S(=O)(=O)c1cc(Cl)cc(Cl)c1. The Kier molecular flexibility index (Phi) is 5.61. The van der Waals surface area contributed by atoms with Crippen LogP contribution in [0.2, 0.25) is 10.0 Å². The smallest absolute Gasteiger partial charge is 0.304 e. The Labute approximate surface area is 121 Å². The van der Waals surface area contributed by atoms with E-state index >= 15 is 0 Å². The molecule has 0 fully saturated rings. The van der Waals surface area contributed by atoms with E-state index in [-0.39, 0.29) is 34.5 Å². The molecular formula is C11H13Cl2NO4S. The molecule has 1 rings (SSSR count). The molecule has 0 aliphatic rings. The zero-order chi connectivity index (χ0) is 14.6. The first-order valence-corrected chi connectivity index (χ1v) is 7.65. The van der Waals surface area contributed by atoms with Gasteiger partial charge in [0, 0.05) is 23.1 Å². The van der Waals surface area contributed by atoms with Crippen LogP contribution in [-0.4, -0.2) is 36.9 Å². The number of halogens is 2. The van der Waals surface area contributed by atoms with Gasteiger partial charge in [-0.3, -0.25) is 4.79 Å². The topological polar surface area (TPSA) is 74.7 Å². The Morgan fingerprint density at radius 3 is 2.21 bits per heavy atom. The first-order valence-electron chi connectivity index (χ1n) is 5.45. The third-order valence-electron chi connectivity index (χ3n) is 2.40. The minimum absolute atomic E-state index is 0.0442. The van der Waals surface area contributed by atoms with Crippen molar-refractivity contribution in [2.45, 2.75) is 18.2 Å². The van der Waals surface area contributed by atoms with Gasteiger partial charge in [0.2, 0.25) is 10.0 Å². The van der Waals surface area contributed by atoms with Gasteiger partial charge in [-0.2, -0.15) is 4.31 Å². The van der Waals surface area contributed by atoms with E-state index in [1.165, 1.54) is 18.2 Å². The zero-order valence-corrected chi connectivity index (χ0v) is 12.5. The summed E-state index contributed by atoms with van der Waals surface area (Å²) in [4.78, 5) is 10.5. The van der Waals surface area contributed by atoms with Crippen LogP contribution >= 0.6 is 23.2 Å². The second-order valence-electron chi connectivity index (χ2n) is 3.75. The lowest BCUT2D eigenvalue weighted by Crippen LogP contribution is -2.32. The molecule has 1 N–H and O–H groups in total. The largest absolute Gasteiger partial charge is 0.481 e. The maximum atomic E-state index is 12.3. The molecule has 0 aromatic heterocycles. The molecule has 5 nitrogen and oxygen atoms in total. The molecule has 1 aromatic rings. The lowest BCUT2D eigenvalue weighted by atomic mass is 10.4. The van der Waals surface area contributed by atoms with E-state index in [9.17, 15) is 13.2 Å². The summed E-state index contributed by atoms with van der Waals surface area (Å²) in [5.41, 5.74) is 0. The highest BCUT2D eigenvalue weighted by molar-refractivity contribution is 7.89. The van der Waals surface area contributed by atoms with E-state index in [0.717, 1.165) is 4.31 Å². The molecule has 1 aromatic carbocycles. The van der Waals surface area contributed by atoms with Crippen LogP contribution in [-0.2, 0) is 14.8 Å². The fourth-order valence-electron chi connectivity index (χ4n) is 1.50. The molecule has 0 radical (unpaired) electrons. The van der Waals surface area contributed by atoms with Crippen molar-refractivity contribution in [3.05, 3.63) is 28.2 Å². The van der Waals surface area contributed by atoms with Gasteiger partial charge in [-0.25, -0.2) is 8.42 Å². The average Bonchev–Trinajstić information content (AvgIpc) is 2.27. The molecule has 0 atom stereocenters. The van der Waals surface area contributed by atoms with Crippen molar-refractivity contribution in [2.75, 3.05) is 13.1 Å². The molecular weight excluding hydrogens is 313 g/mol. The molecule has 0 bridgehead atoms. The number of carboxylic acid groups (broad SMARTS) is 1. The number of benzene rings is 1. The molecule has 19 heavy (non-hydrogen) atoms. The standard InChI is InChI=1S/C11H13Cl2NO4S/c1-2-14(4-3-11(15)16)19(17,18)10-6-8(12)5-9(13)7-10/h5-7H,2-4H2,1H3,(H,15,16). The number of carboxylic acids is 1. The monoisotopic (exact) mass is 325 g/mol. The van der Waals surface area contributed by atoms with Gasteiger partial charge in [-0.15, -0.1) is 0 Å². The first kappa shape index (κ1) is 16.2. The van der Waals surface area contributed by atoms with Crippen molar-refractivity contribution in [3.8, 4) is 0 Å². The van der Waals surface area contributed by atoms with Crippen LogP contribution in [0, 0.1) is 0 Å². The van der Waals surface area contributed by atoms with Crippen LogP contribution < -0.4 is 0 Å². The number of aliphatic carboxylic acids is 1. The van der Waals surface area contributed by atoms with Crippen molar-refractivity contribution in [3.63, 3.8) is 0 Å². The summed E-state index contributed by atoms with van der Waals surface area (Å²) in [5, 5.41) is 9.04. The van der Waals surface area contributed by atoms with Gasteiger partial charge in [0.15, 0.2) is 0 Å². The van der Waals surface area contributed by atoms with Crippen molar-refractivity contribution >= 4 is 39.2 Å². The summed E-state index contributed by atoms with van der Waals surface area (Å²) >= 11 is 11.5. The number of nitrogens with zero attached hydrogens (tertiary/aromatic N) is 1. The summed E-state index contributed by atoms with van der Waals surface area (Å²) < 4.78 is 25.7. The molecule has 0 unspecified atom stereocenters. The summed E-state index contributed by atoms with van der Waals surface area (Å²) in [6.45, 7) is 1.70. The lowest BCUT2D eigenvalue weighted by molar-refractivity contribution is -0.137. The Bertz CT molecular complexity index is 554. The third kappa shape index (κ3) is 4.35. The second-order valence-corrected chi connectivity index (χ2v) is 6.56. The average molecular weight is 326 g/mol. The lowest BCUT2D eigenvalue weighted by Gasteiger charge is -2.19. The molecule has 0 heterocycles. The predicted molar refractivity (Wildman–Crippen MR) is 73.1 cm³/mol. The van der Waals surface area contributed by atoms with Gasteiger partial charge >= 0.3 is 5.97 Å². The van der Waals surface area contributed by atoms with Crippen molar-refractivity contribution in [2.24, 2.45) is 0 Å². The summed E-state index contributed by atoms with van der Waals surface area (Å²) in [6, 6.07) is 3.99. The molecule has 8 heteroatoms. The third-order valence-corrected chi connectivity index (χ3v) is 4.79. The number of sulfonamides is 1. The normalized spacial score (nSPS) is 11.8. The maximum absolute atomic E-state index is 12.3. The molecule has 0 saturated heterocycles. The summed E-state index contributed by atoms with van der Waals surface area (Å²) in [6.07, 6.45) is -0.263. The van der Waals surface area contributed by atoms with Crippen molar-refractivity contribution in [1.82, 2.24) is 4.31 Å². The summed E-state index contributed by atoms with van der Waals surface area (Å²) in [5.74, 6) is -1.06. The minimum Gasteiger partial charge on any atom is -0.481 e. The van der Waals surface area contributed by atoms with Crippen molar-refractivity contribution in [1.29, 1.82) is 0 Å². The van der Waals surface area contributed by atoms with Gasteiger partial charge in [-0.1, -0.05) is 30.1 Å². The fraction of sp³-hybridized carbons (Fsp3) is 0.364. The van der Waals surface area contributed by atoms with E-state index < -0.39 is 16.0 Å². The Balaban J connectivity index is 3.09. The highest BCUT2D eigenvalue weighted by Crippen LogP contribution is 2.24. The molecule has 106 valence electrons. The number of rotatable bonds is 6. The van der Waals surface area contributed by atoms with Gasteiger partial charge < -0.3 is 5.11 Å². The van der Waals surface area contributed by atoms with Crippen LogP contribution in [0.1, 0.15) is 13.3 Å². The number of hydrogen-bond acceptors (Lipinski definition) is 3. The van der Waals surface area contributed by atoms with E-state index in [1.54, 1.807) is 6.92 Å². The highest BCUT2D eigenvalue weighted by Gasteiger charge is 2.24. The Hall–Kier alpha value is -0.820. The van der Waals surface area contributed by atoms with Gasteiger partial charge in [0.1, 0.15) is 0 Å². The molecule has 0 aliphatic carbocycles.